The van der Waals surface area contributed by atoms with Gasteiger partial charge in [-0.2, -0.15) is 13.2 Å². The second-order valence-electron chi connectivity index (χ2n) is 5.90. The maximum absolute atomic E-state index is 13.2. The maximum atomic E-state index is 13.2. The lowest BCUT2D eigenvalue weighted by Gasteiger charge is -2.22. The summed E-state index contributed by atoms with van der Waals surface area (Å²) >= 11 is 11.0. The van der Waals surface area contributed by atoms with Crippen LogP contribution in [0.2, 0.25) is 5.15 Å². The summed E-state index contributed by atoms with van der Waals surface area (Å²) in [5.74, 6) is -0.710. The summed E-state index contributed by atoms with van der Waals surface area (Å²) in [6.45, 7) is 3.64. The number of hydrogen-bond donors (Lipinski definition) is 2. The van der Waals surface area contributed by atoms with Crippen molar-refractivity contribution in [2.45, 2.75) is 38.5 Å². The molecule has 2 aromatic rings. The molecular weight excluding hydrogens is 387 g/mol. The highest BCUT2D eigenvalue weighted by Gasteiger charge is 2.42. The highest BCUT2D eigenvalue weighted by molar-refractivity contribution is 7.82. The van der Waals surface area contributed by atoms with Crippen LogP contribution in [0.25, 0.3) is 10.9 Å². The molecule has 1 aliphatic heterocycles. The number of pyridine rings is 1. The van der Waals surface area contributed by atoms with Gasteiger partial charge in [-0.1, -0.05) is 30.7 Å². The van der Waals surface area contributed by atoms with Crippen LogP contribution in [-0.2, 0) is 6.42 Å². The first-order valence-electron chi connectivity index (χ1n) is 7.83. The van der Waals surface area contributed by atoms with Gasteiger partial charge in [-0.25, -0.2) is 15.0 Å². The molecule has 0 saturated heterocycles. The fourth-order valence-electron chi connectivity index (χ4n) is 2.76. The predicted molar refractivity (Wildman–Crippen MR) is 100 cm³/mol. The van der Waals surface area contributed by atoms with Crippen LogP contribution >= 0.6 is 23.8 Å². The van der Waals surface area contributed by atoms with Gasteiger partial charge in [0.2, 0.25) is 0 Å². The standard InChI is InChI=1S/C16H15ClF3N5S/c1-3-7-5-22-10-8(7)4-9(23-13(10)17)6(2)15-24-12(16(18,19)20)11(26)14(21)25-15/h4-6,14,22H,3,21H2,1-2H3. The Morgan fingerprint density at radius 2 is 2.12 bits per heavy atom. The van der Waals surface area contributed by atoms with Gasteiger partial charge in [-0.3, -0.25) is 0 Å². The van der Waals surface area contributed by atoms with Crippen molar-refractivity contribution >= 4 is 51.1 Å². The lowest BCUT2D eigenvalue weighted by molar-refractivity contribution is -0.0566. The van der Waals surface area contributed by atoms with Gasteiger partial charge < -0.3 is 10.7 Å². The molecule has 0 spiro atoms. The van der Waals surface area contributed by atoms with Crippen LogP contribution in [0, 0.1) is 0 Å². The van der Waals surface area contributed by atoms with Crippen molar-refractivity contribution in [2.75, 3.05) is 0 Å². The molecule has 0 bridgehead atoms. The van der Waals surface area contributed by atoms with Gasteiger partial charge >= 0.3 is 6.18 Å². The van der Waals surface area contributed by atoms with E-state index in [0.29, 0.717) is 11.2 Å². The number of H-pyrrole nitrogens is 1. The number of aryl methyl sites for hydroxylation is 1. The van der Waals surface area contributed by atoms with Crippen LogP contribution in [0.1, 0.15) is 31.0 Å². The lowest BCUT2D eigenvalue weighted by atomic mass is 10.0. The monoisotopic (exact) mass is 401 g/mol. The van der Waals surface area contributed by atoms with Gasteiger partial charge in [-0.15, -0.1) is 0 Å². The van der Waals surface area contributed by atoms with Gasteiger partial charge in [0.05, 0.1) is 22.0 Å². The Balaban J connectivity index is 2.07. The largest absolute Gasteiger partial charge is 0.434 e. The highest BCUT2D eigenvalue weighted by Crippen LogP contribution is 2.30. The molecule has 1 aliphatic rings. The Morgan fingerprint density at radius 1 is 1.42 bits per heavy atom. The number of amidine groups is 1. The summed E-state index contributed by atoms with van der Waals surface area (Å²) in [5, 5.41) is 1.10. The van der Waals surface area contributed by atoms with E-state index in [1.807, 2.05) is 13.1 Å². The minimum absolute atomic E-state index is 0.0741. The molecule has 0 amide bonds. The number of fused-ring (bicyclic) bond motifs is 1. The molecule has 26 heavy (non-hydrogen) atoms. The number of halogens is 4. The van der Waals surface area contributed by atoms with E-state index in [4.69, 9.17) is 29.6 Å². The molecule has 2 atom stereocenters. The average Bonchev–Trinajstić information content (AvgIpc) is 2.99. The molecule has 10 heteroatoms. The average molecular weight is 402 g/mol. The van der Waals surface area contributed by atoms with Gasteiger partial charge in [0.25, 0.3) is 0 Å². The van der Waals surface area contributed by atoms with Crippen LogP contribution in [0.5, 0.6) is 0 Å². The van der Waals surface area contributed by atoms with Gasteiger partial charge in [0, 0.05) is 11.6 Å². The third kappa shape index (κ3) is 3.26. The highest BCUT2D eigenvalue weighted by atomic mass is 35.5. The zero-order valence-electron chi connectivity index (χ0n) is 13.9. The van der Waals surface area contributed by atoms with Gasteiger partial charge in [0.15, 0.2) is 10.9 Å². The van der Waals surface area contributed by atoms with Crippen molar-refractivity contribution in [1.29, 1.82) is 0 Å². The maximum Gasteiger partial charge on any atom is 0.434 e. The molecule has 3 heterocycles. The predicted octanol–water partition coefficient (Wildman–Crippen LogP) is 3.95. The molecule has 0 fully saturated rings. The Labute approximate surface area is 157 Å². The minimum atomic E-state index is -4.69. The number of nitrogens with zero attached hydrogens (tertiary/aromatic N) is 3. The fraction of sp³-hybridized carbons (Fsp3) is 0.375. The second-order valence-corrected chi connectivity index (χ2v) is 6.70. The quantitative estimate of drug-likeness (QED) is 0.603. The van der Waals surface area contributed by atoms with Crippen molar-refractivity contribution in [3.8, 4) is 0 Å². The number of aromatic nitrogens is 2. The first-order valence-corrected chi connectivity index (χ1v) is 8.61. The third-order valence-electron chi connectivity index (χ3n) is 4.21. The Kier molecular flexibility index (Phi) is 4.89. The molecule has 3 rings (SSSR count). The number of thiocarbonyl (C=S) groups is 1. The van der Waals surface area contributed by atoms with Crippen LogP contribution in [0.4, 0.5) is 13.2 Å². The van der Waals surface area contributed by atoms with E-state index in [-0.39, 0.29) is 11.0 Å². The van der Waals surface area contributed by atoms with Crippen LogP contribution in [0.15, 0.2) is 22.2 Å². The summed E-state index contributed by atoms with van der Waals surface area (Å²) in [6, 6.07) is 1.78. The van der Waals surface area contributed by atoms with Gasteiger partial charge in [-0.05, 0) is 25.0 Å². The third-order valence-corrected chi connectivity index (χ3v) is 4.92. The fourth-order valence-corrected chi connectivity index (χ4v) is 3.23. The summed E-state index contributed by atoms with van der Waals surface area (Å²) in [4.78, 5) is 14.5. The van der Waals surface area contributed by atoms with Crippen LogP contribution < -0.4 is 5.73 Å². The van der Waals surface area contributed by atoms with Crippen LogP contribution in [0.3, 0.4) is 0 Å². The molecule has 2 unspecified atom stereocenters. The molecule has 0 aliphatic carbocycles. The van der Waals surface area contributed by atoms with E-state index in [9.17, 15) is 13.2 Å². The van der Waals surface area contributed by atoms with Crippen LogP contribution in [-0.4, -0.2) is 38.7 Å². The van der Waals surface area contributed by atoms with Crippen molar-refractivity contribution in [3.05, 3.63) is 28.7 Å². The Hall–Kier alpha value is -1.84. The van der Waals surface area contributed by atoms with Crippen molar-refractivity contribution in [1.82, 2.24) is 9.97 Å². The van der Waals surface area contributed by atoms with E-state index < -0.39 is 28.8 Å². The van der Waals surface area contributed by atoms with Crippen molar-refractivity contribution in [2.24, 2.45) is 15.7 Å². The van der Waals surface area contributed by atoms with Gasteiger partial charge in [0.1, 0.15) is 12.0 Å². The summed E-state index contributed by atoms with van der Waals surface area (Å²) < 4.78 is 39.5. The Morgan fingerprint density at radius 3 is 2.73 bits per heavy atom. The summed E-state index contributed by atoms with van der Waals surface area (Å²) in [5.41, 5.74) is 6.65. The number of alkyl halides is 3. The molecule has 138 valence electrons. The molecular formula is C16H15ClF3N5S. The first-order chi connectivity index (χ1) is 12.1. The number of aromatic amines is 1. The first kappa shape index (κ1) is 18.9. The SMILES string of the molecule is CCc1c[nH]c2c(Cl)nc(C(C)C3=NC(N)C(=S)C(C(F)(F)F)=N3)cc12. The van der Waals surface area contributed by atoms with Crippen molar-refractivity contribution < 1.29 is 13.2 Å². The number of nitrogens with one attached hydrogen (secondary N) is 1. The van der Waals surface area contributed by atoms with E-state index >= 15 is 0 Å². The summed E-state index contributed by atoms with van der Waals surface area (Å²) in [7, 11) is 0. The lowest BCUT2D eigenvalue weighted by Crippen LogP contribution is -2.44. The molecule has 5 nitrogen and oxygen atoms in total. The molecule has 0 radical (unpaired) electrons. The van der Waals surface area contributed by atoms with E-state index in [1.165, 1.54) is 0 Å². The second kappa shape index (κ2) is 6.71. The smallest absolute Gasteiger partial charge is 0.358 e. The zero-order chi connectivity index (χ0) is 19.2. The summed E-state index contributed by atoms with van der Waals surface area (Å²) in [6.07, 6.45) is -3.36. The number of rotatable bonds is 3. The topological polar surface area (TPSA) is 79.4 Å². The molecule has 2 aromatic heterocycles. The number of hydrogen-bond acceptors (Lipinski definition) is 5. The number of aliphatic imine (C=N–C) groups is 2. The molecule has 0 aromatic carbocycles. The van der Waals surface area contributed by atoms with E-state index in [1.54, 1.807) is 13.0 Å². The number of nitrogens with two attached hydrogens (primary N) is 1. The normalized spacial score (nSPS) is 19.5. The van der Waals surface area contributed by atoms with Crippen molar-refractivity contribution in [3.63, 3.8) is 0 Å². The zero-order valence-corrected chi connectivity index (χ0v) is 15.4. The van der Waals surface area contributed by atoms with E-state index in [2.05, 4.69) is 20.0 Å². The van der Waals surface area contributed by atoms with E-state index in [0.717, 1.165) is 17.4 Å². The Bertz CT molecular complexity index is 947. The molecule has 3 N–H and O–H groups in total. The molecule has 0 saturated carbocycles. The minimum Gasteiger partial charge on any atom is -0.358 e.